The number of fused-ring (bicyclic) bond motifs is 3. The summed E-state index contributed by atoms with van der Waals surface area (Å²) in [5.41, 5.74) is 5.71. The number of nitrogens with one attached hydrogen (secondary N) is 2. The van der Waals surface area contributed by atoms with Crippen molar-refractivity contribution in [1.82, 2.24) is 25.0 Å². The molecule has 2 N–H and O–H groups in total. The molecule has 11 nitrogen and oxygen atoms in total. The topological polar surface area (TPSA) is 126 Å². The number of aromatic nitrogens is 1. The van der Waals surface area contributed by atoms with Gasteiger partial charge in [0.2, 0.25) is 24.1 Å². The number of hydrogen-bond acceptors (Lipinski definition) is 7. The van der Waals surface area contributed by atoms with E-state index in [0.29, 0.717) is 37.2 Å². The van der Waals surface area contributed by atoms with E-state index in [9.17, 15) is 32.8 Å². The number of benzene rings is 3. The van der Waals surface area contributed by atoms with Gasteiger partial charge in [0.25, 0.3) is 11.8 Å². The molecule has 0 bridgehead atoms. The van der Waals surface area contributed by atoms with Crippen LogP contribution in [0.15, 0.2) is 48.5 Å². The summed E-state index contributed by atoms with van der Waals surface area (Å²) < 4.78 is 53.4. The van der Waals surface area contributed by atoms with Crippen LogP contribution in [0, 0.1) is 29.4 Å². The Morgan fingerprint density at radius 1 is 0.844 bits per heavy atom. The van der Waals surface area contributed by atoms with Gasteiger partial charge in [0.15, 0.2) is 0 Å². The number of anilines is 1. The van der Waals surface area contributed by atoms with Crippen LogP contribution in [0.3, 0.4) is 0 Å². The second-order valence-corrected chi connectivity index (χ2v) is 18.5. The fourth-order valence-corrected chi connectivity index (χ4v) is 10.3. The Kier molecular flexibility index (Phi) is 13.0. The highest BCUT2D eigenvalue weighted by Gasteiger charge is 2.46. The first-order chi connectivity index (χ1) is 30.6. The van der Waals surface area contributed by atoms with Crippen molar-refractivity contribution < 1.29 is 41.5 Å². The van der Waals surface area contributed by atoms with Crippen LogP contribution >= 0.6 is 0 Å². The SMILES string of the molecule is CC(C)Cc1c(C(C)c2c(F)cc(N3CCC(CN4CCC(C(=O)N5Cc6cc7c(cc6C5)C(=O)N(C5CCC(=O)NC5=O)C7=O)CC4)C3)cc2F)[nH]c2ccccc12.CCC(F)F. The van der Waals surface area contributed by atoms with Crippen LogP contribution in [-0.4, -0.2) is 94.4 Å². The smallest absolute Gasteiger partial charge is 0.262 e. The monoisotopic (exact) mass is 884 g/mol. The first-order valence-electron chi connectivity index (χ1n) is 22.6. The van der Waals surface area contributed by atoms with Crippen LogP contribution in [-0.2, 0) is 33.9 Å². The molecule has 340 valence electrons. The number of para-hydroxylation sites is 1. The Labute approximate surface area is 370 Å². The zero-order chi connectivity index (χ0) is 45.6. The summed E-state index contributed by atoms with van der Waals surface area (Å²) in [4.78, 5) is 75.2. The number of halogens is 4. The zero-order valence-electron chi connectivity index (χ0n) is 36.8. The maximum atomic E-state index is 15.9. The molecule has 9 rings (SSSR count). The van der Waals surface area contributed by atoms with Crippen LogP contribution < -0.4 is 10.2 Å². The fraction of sp³-hybridized carbons (Fsp3) is 0.490. The Morgan fingerprint density at radius 3 is 2.06 bits per heavy atom. The molecule has 1 aromatic heterocycles. The summed E-state index contributed by atoms with van der Waals surface area (Å²) in [5.74, 6) is -3.04. The number of rotatable bonds is 10. The molecular formula is C49H56F4N6O5. The second kappa shape index (κ2) is 18.5. The van der Waals surface area contributed by atoms with Crippen molar-refractivity contribution in [3.8, 4) is 0 Å². The summed E-state index contributed by atoms with van der Waals surface area (Å²) in [6, 6.07) is 13.4. The Bertz CT molecular complexity index is 2410. The molecule has 0 radical (unpaired) electrons. The number of likely N-dealkylation sites (tertiary alicyclic amines) is 1. The molecule has 5 aliphatic heterocycles. The molecule has 15 heteroatoms. The van der Waals surface area contributed by atoms with Crippen molar-refractivity contribution >= 4 is 46.1 Å². The van der Waals surface area contributed by atoms with E-state index in [1.807, 2.05) is 25.1 Å². The summed E-state index contributed by atoms with van der Waals surface area (Å²) in [5, 5.41) is 3.32. The van der Waals surface area contributed by atoms with Crippen molar-refractivity contribution in [2.75, 3.05) is 37.6 Å². The minimum atomic E-state index is -2.12. The van der Waals surface area contributed by atoms with Crippen LogP contribution in [0.1, 0.15) is 121 Å². The van der Waals surface area contributed by atoms with Gasteiger partial charge in [-0.3, -0.25) is 34.2 Å². The summed E-state index contributed by atoms with van der Waals surface area (Å²) >= 11 is 0. The summed E-state index contributed by atoms with van der Waals surface area (Å²) in [6.07, 6.45) is 1.19. The molecule has 5 aliphatic rings. The van der Waals surface area contributed by atoms with Crippen LogP contribution in [0.25, 0.3) is 10.9 Å². The number of H-pyrrole nitrogens is 1. The van der Waals surface area contributed by atoms with Crippen molar-refractivity contribution in [2.24, 2.45) is 17.8 Å². The number of alkyl halides is 2. The molecule has 3 unspecified atom stereocenters. The number of aromatic amines is 1. The van der Waals surface area contributed by atoms with Crippen molar-refractivity contribution in [3.05, 3.63) is 99.2 Å². The van der Waals surface area contributed by atoms with Crippen LogP contribution in [0.5, 0.6) is 0 Å². The minimum absolute atomic E-state index is 0.0278. The molecule has 0 saturated carbocycles. The van der Waals surface area contributed by atoms with E-state index in [4.69, 9.17) is 0 Å². The lowest BCUT2D eigenvalue weighted by Crippen LogP contribution is -2.54. The number of hydrogen-bond donors (Lipinski definition) is 2. The molecule has 3 fully saturated rings. The maximum Gasteiger partial charge on any atom is 0.262 e. The average molecular weight is 885 g/mol. The molecule has 64 heavy (non-hydrogen) atoms. The van der Waals surface area contributed by atoms with Crippen LogP contribution in [0.2, 0.25) is 0 Å². The normalized spacial score (nSPS) is 20.9. The van der Waals surface area contributed by atoms with E-state index in [2.05, 4.69) is 40.0 Å². The van der Waals surface area contributed by atoms with Gasteiger partial charge in [0.05, 0.1) is 11.1 Å². The van der Waals surface area contributed by atoms with Gasteiger partial charge in [-0.25, -0.2) is 17.6 Å². The van der Waals surface area contributed by atoms with Gasteiger partial charge >= 0.3 is 0 Å². The predicted octanol–water partition coefficient (Wildman–Crippen LogP) is 7.94. The zero-order valence-corrected chi connectivity index (χ0v) is 36.8. The molecular weight excluding hydrogens is 829 g/mol. The van der Waals surface area contributed by atoms with Gasteiger partial charge in [-0.1, -0.05) is 45.9 Å². The maximum absolute atomic E-state index is 15.9. The van der Waals surface area contributed by atoms with Gasteiger partial charge in [-0.2, -0.15) is 0 Å². The van der Waals surface area contributed by atoms with Crippen molar-refractivity contribution in [3.63, 3.8) is 0 Å². The number of piperidine rings is 2. The van der Waals surface area contributed by atoms with Crippen molar-refractivity contribution in [1.29, 1.82) is 0 Å². The first kappa shape index (κ1) is 45.0. The predicted molar refractivity (Wildman–Crippen MR) is 234 cm³/mol. The first-order valence-corrected chi connectivity index (χ1v) is 22.6. The van der Waals surface area contributed by atoms with Gasteiger partial charge in [0.1, 0.15) is 17.7 Å². The number of carbonyl (C=O) groups excluding carboxylic acids is 5. The minimum Gasteiger partial charge on any atom is -0.371 e. The van der Waals surface area contributed by atoms with Crippen molar-refractivity contribution in [2.45, 2.75) is 104 Å². The largest absolute Gasteiger partial charge is 0.371 e. The number of imide groups is 2. The summed E-state index contributed by atoms with van der Waals surface area (Å²) in [7, 11) is 0. The van der Waals surface area contributed by atoms with E-state index in [1.54, 1.807) is 17.0 Å². The molecule has 3 atom stereocenters. The van der Waals surface area contributed by atoms with E-state index in [0.717, 1.165) is 90.0 Å². The highest BCUT2D eigenvalue weighted by atomic mass is 19.3. The van der Waals surface area contributed by atoms with Crippen LogP contribution in [0.4, 0.5) is 23.2 Å². The number of nitrogens with zero attached hydrogens (tertiary/aromatic N) is 4. The molecule has 4 aromatic rings. The van der Waals surface area contributed by atoms with E-state index < -0.39 is 53.6 Å². The van der Waals surface area contributed by atoms with Gasteiger partial charge in [-0.15, -0.1) is 0 Å². The molecule has 6 heterocycles. The number of carbonyl (C=O) groups is 5. The molecule has 3 saturated heterocycles. The van der Waals surface area contributed by atoms with E-state index in [1.165, 1.54) is 19.1 Å². The van der Waals surface area contributed by atoms with E-state index >= 15 is 8.78 Å². The Morgan fingerprint density at radius 2 is 1.47 bits per heavy atom. The third kappa shape index (κ3) is 8.92. The van der Waals surface area contributed by atoms with Gasteiger partial charge in [-0.05, 0) is 104 Å². The molecule has 5 amide bonds. The van der Waals surface area contributed by atoms with Gasteiger partial charge in [0, 0.05) is 85.2 Å². The fourth-order valence-electron chi connectivity index (χ4n) is 10.3. The third-order valence-corrected chi connectivity index (χ3v) is 13.6. The quantitative estimate of drug-likeness (QED) is 0.122. The third-order valence-electron chi connectivity index (χ3n) is 13.6. The Hall–Kier alpha value is -5.57. The standard InChI is InChI=1S/C46H50F2N6O5.C3H6F2/c1-25(2)16-33-32-6-4-5-7-38(32)49-42(33)26(3)41-36(47)19-31(20-37(41)48)52-15-10-27(22-52)21-51-13-11-28(12-14-51)44(57)53-23-29-17-34-35(18-30(29)24-53)46(59)54(45(34)58)39-8-9-40(55)50-43(39)56;1-2-3(4)5/h4-7,17-20,25-28,39,49H,8-16,21-24H2,1-3H3,(H,50,55,56);3H,2H2,1H3. The lowest BCUT2D eigenvalue weighted by atomic mass is 9.90. The van der Waals surface area contributed by atoms with Gasteiger partial charge < -0.3 is 19.7 Å². The molecule has 0 spiro atoms. The lowest BCUT2D eigenvalue weighted by Gasteiger charge is -2.34. The number of amides is 5. The molecule has 0 aliphatic carbocycles. The second-order valence-electron chi connectivity index (χ2n) is 18.5. The highest BCUT2D eigenvalue weighted by Crippen LogP contribution is 2.39. The molecule has 3 aromatic carbocycles. The average Bonchev–Trinajstić information content (AvgIpc) is 4.05. The van der Waals surface area contributed by atoms with E-state index in [-0.39, 0.29) is 47.8 Å². The lowest BCUT2D eigenvalue weighted by molar-refractivity contribution is -0.138. The Balaban J connectivity index is 0.00000106. The highest BCUT2D eigenvalue weighted by molar-refractivity contribution is 6.23. The summed E-state index contributed by atoms with van der Waals surface area (Å²) in [6.45, 7) is 12.2.